The Balaban J connectivity index is 1.39. The lowest BCUT2D eigenvalue weighted by Gasteiger charge is -2.36. The number of hydrogen-bond donors (Lipinski definition) is 3. The largest absolute Gasteiger partial charge is 0.389 e. The third-order valence-corrected chi connectivity index (χ3v) is 7.06. The fourth-order valence-electron chi connectivity index (χ4n) is 4.91. The Bertz CT molecular complexity index is 1570. The summed E-state index contributed by atoms with van der Waals surface area (Å²) in [5.74, 6) is 0.750. The molecule has 0 spiro atoms. The minimum Gasteiger partial charge on any atom is -0.389 e. The van der Waals surface area contributed by atoms with Gasteiger partial charge in [-0.2, -0.15) is 4.98 Å². The molecule has 1 aromatic carbocycles. The maximum atomic E-state index is 13.2. The highest BCUT2D eigenvalue weighted by Gasteiger charge is 2.22. The standard InChI is InChI=1S/C29H35FN8O3/c1-4-12-37-27(40)23-18-31-28(34-26(23)38(37)25-7-5-6-24(33-25)29(2,3)41)32-20-8-10-21(11-9-20)36-15-13-35(14-16-36)19-22(39)17-30/h4-11,18,22,39,41H,1,12-17,19H2,2-3H3,(H,31,32,34)/t22-/m1/s1. The number of hydrogen-bond acceptors (Lipinski definition) is 9. The molecule has 5 rings (SSSR count). The van der Waals surface area contributed by atoms with Crippen molar-refractivity contribution in [3.05, 3.63) is 77.4 Å². The number of rotatable bonds is 10. The van der Waals surface area contributed by atoms with Crippen LogP contribution in [-0.4, -0.2) is 84.9 Å². The lowest BCUT2D eigenvalue weighted by Crippen LogP contribution is -2.48. The van der Waals surface area contributed by atoms with E-state index in [4.69, 9.17) is 0 Å². The summed E-state index contributed by atoms with van der Waals surface area (Å²) in [6.45, 7) is 10.0. The van der Waals surface area contributed by atoms with Gasteiger partial charge in [-0.25, -0.2) is 23.7 Å². The zero-order valence-corrected chi connectivity index (χ0v) is 23.2. The van der Waals surface area contributed by atoms with E-state index in [-0.39, 0.29) is 12.1 Å². The molecule has 0 amide bonds. The van der Waals surface area contributed by atoms with Crippen LogP contribution in [0.5, 0.6) is 0 Å². The van der Waals surface area contributed by atoms with Gasteiger partial charge in [0.25, 0.3) is 5.56 Å². The number of alkyl halides is 1. The molecule has 11 nitrogen and oxygen atoms in total. The van der Waals surface area contributed by atoms with E-state index >= 15 is 0 Å². The first-order chi connectivity index (χ1) is 19.7. The minimum atomic E-state index is -1.16. The SMILES string of the molecule is C=CCn1c(=O)c2cnc(Nc3ccc(N4CCN(C[C@H](O)CF)CC4)cc3)nc2n1-c1cccc(C(C)(C)O)n1. The first kappa shape index (κ1) is 28.4. The molecule has 1 atom stereocenters. The molecule has 0 aliphatic carbocycles. The van der Waals surface area contributed by atoms with E-state index in [1.54, 1.807) is 42.8 Å². The Morgan fingerprint density at radius 1 is 1.12 bits per heavy atom. The van der Waals surface area contributed by atoms with Gasteiger partial charge in [0.15, 0.2) is 11.5 Å². The molecule has 41 heavy (non-hydrogen) atoms. The summed E-state index contributed by atoms with van der Waals surface area (Å²) < 4.78 is 15.7. The van der Waals surface area contributed by atoms with Crippen molar-refractivity contribution in [2.45, 2.75) is 32.1 Å². The van der Waals surface area contributed by atoms with Crippen molar-refractivity contribution in [1.82, 2.24) is 29.2 Å². The summed E-state index contributed by atoms with van der Waals surface area (Å²) in [5.41, 5.74) is 1.24. The Kier molecular flexibility index (Phi) is 8.15. The van der Waals surface area contributed by atoms with Crippen LogP contribution in [0.15, 0.2) is 66.1 Å². The lowest BCUT2D eigenvalue weighted by atomic mass is 10.1. The summed E-state index contributed by atoms with van der Waals surface area (Å²) in [5, 5.41) is 23.6. The van der Waals surface area contributed by atoms with Crippen molar-refractivity contribution in [1.29, 1.82) is 0 Å². The normalized spacial score (nSPS) is 15.3. The lowest BCUT2D eigenvalue weighted by molar-refractivity contribution is 0.0738. The molecule has 3 aromatic heterocycles. The molecule has 0 radical (unpaired) electrons. The van der Waals surface area contributed by atoms with Gasteiger partial charge in [0.1, 0.15) is 17.7 Å². The molecule has 216 valence electrons. The van der Waals surface area contributed by atoms with Gasteiger partial charge in [0.05, 0.1) is 18.3 Å². The zero-order valence-electron chi connectivity index (χ0n) is 23.2. The predicted octanol–water partition coefficient (Wildman–Crippen LogP) is 2.59. The molecule has 1 aliphatic heterocycles. The number of benzene rings is 1. The van der Waals surface area contributed by atoms with Crippen LogP contribution in [0.4, 0.5) is 21.7 Å². The number of β-amino-alcohol motifs (C(OH)–C–C–N with tert-alkyl or cyclic N) is 1. The van der Waals surface area contributed by atoms with E-state index in [1.807, 2.05) is 24.3 Å². The van der Waals surface area contributed by atoms with E-state index in [0.717, 1.165) is 37.6 Å². The van der Waals surface area contributed by atoms with Gasteiger partial charge in [-0.1, -0.05) is 12.1 Å². The summed E-state index contributed by atoms with van der Waals surface area (Å²) in [4.78, 5) is 31.2. The molecule has 4 aromatic rings. The highest BCUT2D eigenvalue weighted by atomic mass is 19.1. The van der Waals surface area contributed by atoms with Crippen LogP contribution in [0.2, 0.25) is 0 Å². The maximum absolute atomic E-state index is 13.2. The fraction of sp³-hybridized carbons (Fsp3) is 0.379. The number of anilines is 3. The van der Waals surface area contributed by atoms with Crippen molar-refractivity contribution >= 4 is 28.4 Å². The first-order valence-corrected chi connectivity index (χ1v) is 13.6. The Morgan fingerprint density at radius 3 is 2.51 bits per heavy atom. The van der Waals surface area contributed by atoms with Crippen molar-refractivity contribution in [3.8, 4) is 5.82 Å². The smallest absolute Gasteiger partial charge is 0.278 e. The average Bonchev–Trinajstić information content (AvgIpc) is 3.24. The van der Waals surface area contributed by atoms with Gasteiger partial charge in [-0.15, -0.1) is 6.58 Å². The van der Waals surface area contributed by atoms with Crippen LogP contribution in [-0.2, 0) is 12.1 Å². The van der Waals surface area contributed by atoms with Crippen LogP contribution in [0.1, 0.15) is 19.5 Å². The number of aliphatic hydroxyl groups excluding tert-OH is 1. The van der Waals surface area contributed by atoms with Gasteiger partial charge in [-0.05, 0) is 50.2 Å². The van der Waals surface area contributed by atoms with E-state index in [0.29, 0.717) is 35.0 Å². The van der Waals surface area contributed by atoms with Crippen molar-refractivity contribution in [2.24, 2.45) is 0 Å². The highest BCUT2D eigenvalue weighted by Crippen LogP contribution is 2.24. The molecule has 1 aliphatic rings. The van der Waals surface area contributed by atoms with E-state index < -0.39 is 18.4 Å². The Morgan fingerprint density at radius 2 is 1.85 bits per heavy atom. The first-order valence-electron chi connectivity index (χ1n) is 13.6. The monoisotopic (exact) mass is 562 g/mol. The number of piperazine rings is 1. The molecule has 12 heteroatoms. The second kappa shape index (κ2) is 11.8. The summed E-state index contributed by atoms with van der Waals surface area (Å²) in [6.07, 6.45) is 2.19. The number of nitrogens with zero attached hydrogens (tertiary/aromatic N) is 7. The summed E-state index contributed by atoms with van der Waals surface area (Å²) in [7, 11) is 0. The van der Waals surface area contributed by atoms with E-state index in [9.17, 15) is 19.4 Å². The number of pyridine rings is 1. The molecule has 1 fully saturated rings. The second-order valence-corrected chi connectivity index (χ2v) is 10.6. The van der Waals surface area contributed by atoms with Gasteiger partial charge in [0, 0.05) is 50.3 Å². The quantitative estimate of drug-likeness (QED) is 0.250. The molecule has 0 unspecified atom stereocenters. The predicted molar refractivity (Wildman–Crippen MR) is 157 cm³/mol. The Labute approximate surface area is 237 Å². The molecule has 4 heterocycles. The van der Waals surface area contributed by atoms with Crippen molar-refractivity contribution in [2.75, 3.05) is 49.6 Å². The average molecular weight is 563 g/mol. The van der Waals surface area contributed by atoms with Gasteiger partial charge >= 0.3 is 0 Å². The number of aliphatic hydroxyl groups is 2. The van der Waals surface area contributed by atoms with Crippen molar-refractivity contribution in [3.63, 3.8) is 0 Å². The van der Waals surface area contributed by atoms with Gasteiger partial charge in [-0.3, -0.25) is 9.69 Å². The van der Waals surface area contributed by atoms with E-state index in [1.165, 1.54) is 10.9 Å². The van der Waals surface area contributed by atoms with Crippen LogP contribution in [0.3, 0.4) is 0 Å². The number of allylic oxidation sites excluding steroid dienone is 1. The highest BCUT2D eigenvalue weighted by molar-refractivity contribution is 5.77. The third kappa shape index (κ3) is 6.14. The third-order valence-electron chi connectivity index (χ3n) is 7.06. The van der Waals surface area contributed by atoms with E-state index in [2.05, 4.69) is 36.6 Å². The Hall–Kier alpha value is -4.13. The number of fused-ring (bicyclic) bond motifs is 1. The molecular weight excluding hydrogens is 527 g/mol. The topological polar surface area (TPSA) is 125 Å². The maximum Gasteiger partial charge on any atom is 0.278 e. The van der Waals surface area contributed by atoms with Crippen LogP contribution in [0, 0.1) is 0 Å². The van der Waals surface area contributed by atoms with Crippen molar-refractivity contribution < 1.29 is 14.6 Å². The molecule has 3 N–H and O–H groups in total. The molecule has 0 bridgehead atoms. The number of halogens is 1. The second-order valence-electron chi connectivity index (χ2n) is 10.6. The zero-order chi connectivity index (χ0) is 29.1. The molecular formula is C29H35FN8O3. The molecule has 0 saturated carbocycles. The number of aromatic nitrogens is 5. The van der Waals surface area contributed by atoms with Crippen LogP contribution >= 0.6 is 0 Å². The fourth-order valence-corrected chi connectivity index (χ4v) is 4.91. The summed E-state index contributed by atoms with van der Waals surface area (Å²) in [6, 6.07) is 13.2. The summed E-state index contributed by atoms with van der Waals surface area (Å²) >= 11 is 0. The number of nitrogens with one attached hydrogen (secondary N) is 1. The van der Waals surface area contributed by atoms with Gasteiger partial charge in [0.2, 0.25) is 5.95 Å². The minimum absolute atomic E-state index is 0.235. The van der Waals surface area contributed by atoms with Crippen LogP contribution < -0.4 is 15.8 Å². The van der Waals surface area contributed by atoms with Crippen LogP contribution in [0.25, 0.3) is 16.9 Å². The van der Waals surface area contributed by atoms with Gasteiger partial charge < -0.3 is 20.4 Å². The molecule has 1 saturated heterocycles.